The molecule has 1 heterocycles. The van der Waals surface area contributed by atoms with Crippen LogP contribution in [0.4, 0.5) is 17.1 Å². The normalized spacial score (nSPS) is 11.6. The molecule has 1 aliphatic rings. The van der Waals surface area contributed by atoms with Crippen molar-refractivity contribution in [3.63, 3.8) is 0 Å². The summed E-state index contributed by atoms with van der Waals surface area (Å²) >= 11 is 1.87. The molecule has 1 aliphatic carbocycles. The first-order chi connectivity index (χ1) is 24.8. The molecule has 1 aromatic heterocycles. The monoisotopic (exact) mass is 653 g/mol. The number of hydrogen-bond donors (Lipinski definition) is 0. The summed E-state index contributed by atoms with van der Waals surface area (Å²) in [5.41, 5.74) is 15.9. The molecule has 0 atom stereocenters. The molecule has 0 fully saturated rings. The minimum atomic E-state index is 1.12. The molecular weight excluding hydrogens is 623 g/mol. The summed E-state index contributed by atoms with van der Waals surface area (Å²) in [6, 6.07) is 68.8. The van der Waals surface area contributed by atoms with E-state index in [1.165, 1.54) is 81.5 Å². The molecule has 8 aromatic carbocycles. The van der Waals surface area contributed by atoms with Crippen molar-refractivity contribution in [1.29, 1.82) is 0 Å². The molecule has 0 saturated heterocycles. The highest BCUT2D eigenvalue weighted by molar-refractivity contribution is 7.26. The van der Waals surface area contributed by atoms with Gasteiger partial charge in [0.25, 0.3) is 0 Å². The SMILES string of the molecule is c1ccc(-c2ccc(N(c3ccc4c(c3)-c3ccccc3-c3ccccc3-c3ccccc3-4)c3cccc4c3sc3ccccc34)cc2)cc1. The zero-order valence-corrected chi connectivity index (χ0v) is 28.1. The Morgan fingerprint density at radius 2 is 0.800 bits per heavy atom. The van der Waals surface area contributed by atoms with Crippen molar-refractivity contribution in [1.82, 2.24) is 0 Å². The minimum absolute atomic E-state index is 1.12. The molecule has 234 valence electrons. The molecule has 0 unspecified atom stereocenters. The van der Waals surface area contributed by atoms with Gasteiger partial charge in [-0.05, 0) is 92.0 Å². The first-order valence-corrected chi connectivity index (χ1v) is 17.9. The fourth-order valence-electron chi connectivity index (χ4n) is 7.76. The van der Waals surface area contributed by atoms with E-state index in [1.807, 2.05) is 11.3 Å². The number of rotatable bonds is 4. The van der Waals surface area contributed by atoms with E-state index in [0.717, 1.165) is 11.4 Å². The molecule has 0 spiro atoms. The van der Waals surface area contributed by atoms with Gasteiger partial charge >= 0.3 is 0 Å². The number of benzene rings is 8. The third-order valence-electron chi connectivity index (χ3n) is 10.1. The predicted octanol–water partition coefficient (Wildman–Crippen LogP) is 14.2. The lowest BCUT2D eigenvalue weighted by Crippen LogP contribution is -2.10. The third-order valence-corrected chi connectivity index (χ3v) is 11.3. The van der Waals surface area contributed by atoms with Gasteiger partial charge in [0, 0.05) is 26.8 Å². The second-order valence-electron chi connectivity index (χ2n) is 12.9. The maximum atomic E-state index is 2.45. The Kier molecular flexibility index (Phi) is 6.75. The average Bonchev–Trinajstić information content (AvgIpc) is 3.58. The molecule has 0 bridgehead atoms. The van der Waals surface area contributed by atoms with Crippen LogP contribution < -0.4 is 4.90 Å². The van der Waals surface area contributed by atoms with E-state index in [1.54, 1.807) is 0 Å². The summed E-state index contributed by atoms with van der Waals surface area (Å²) < 4.78 is 2.59. The van der Waals surface area contributed by atoms with E-state index in [-0.39, 0.29) is 0 Å². The van der Waals surface area contributed by atoms with Gasteiger partial charge in [-0.3, -0.25) is 0 Å². The van der Waals surface area contributed by atoms with Gasteiger partial charge in [-0.25, -0.2) is 0 Å². The van der Waals surface area contributed by atoms with Crippen molar-refractivity contribution in [3.8, 4) is 55.6 Å². The van der Waals surface area contributed by atoms with Crippen molar-refractivity contribution in [2.24, 2.45) is 0 Å². The van der Waals surface area contributed by atoms with E-state index < -0.39 is 0 Å². The molecule has 9 aromatic rings. The maximum Gasteiger partial charge on any atom is 0.0640 e. The van der Waals surface area contributed by atoms with Crippen LogP contribution in [0.1, 0.15) is 0 Å². The van der Waals surface area contributed by atoms with E-state index >= 15 is 0 Å². The highest BCUT2D eigenvalue weighted by Gasteiger charge is 2.24. The largest absolute Gasteiger partial charge is 0.309 e. The molecule has 0 amide bonds. The van der Waals surface area contributed by atoms with Crippen LogP contribution in [0.25, 0.3) is 75.8 Å². The molecule has 50 heavy (non-hydrogen) atoms. The molecule has 1 nitrogen and oxygen atoms in total. The van der Waals surface area contributed by atoms with Crippen molar-refractivity contribution in [2.45, 2.75) is 0 Å². The topological polar surface area (TPSA) is 3.24 Å². The molecule has 0 N–H and O–H groups in total. The fraction of sp³-hybridized carbons (Fsp3) is 0. The molecule has 0 aliphatic heterocycles. The first-order valence-electron chi connectivity index (χ1n) is 17.1. The highest BCUT2D eigenvalue weighted by Crippen LogP contribution is 2.50. The van der Waals surface area contributed by atoms with E-state index in [9.17, 15) is 0 Å². The molecular formula is C48H31NS. The van der Waals surface area contributed by atoms with Gasteiger partial charge in [-0.15, -0.1) is 11.3 Å². The van der Waals surface area contributed by atoms with Crippen molar-refractivity contribution < 1.29 is 0 Å². The number of anilines is 3. The van der Waals surface area contributed by atoms with Crippen LogP contribution in [0.3, 0.4) is 0 Å². The lowest BCUT2D eigenvalue weighted by Gasteiger charge is -2.29. The Morgan fingerprint density at radius 3 is 1.44 bits per heavy atom. The van der Waals surface area contributed by atoms with Gasteiger partial charge in [0.1, 0.15) is 0 Å². The summed E-state index contributed by atoms with van der Waals surface area (Å²) in [7, 11) is 0. The molecule has 0 saturated carbocycles. The van der Waals surface area contributed by atoms with Crippen LogP contribution in [0, 0.1) is 0 Å². The first kappa shape index (κ1) is 28.8. The van der Waals surface area contributed by atoms with E-state index in [0.29, 0.717) is 0 Å². The second kappa shape index (κ2) is 11.7. The van der Waals surface area contributed by atoms with Crippen LogP contribution in [-0.2, 0) is 0 Å². The van der Waals surface area contributed by atoms with E-state index in [2.05, 4.69) is 193 Å². The maximum absolute atomic E-state index is 2.45. The summed E-state index contributed by atoms with van der Waals surface area (Å²) in [6.45, 7) is 0. The number of nitrogens with zero attached hydrogens (tertiary/aromatic N) is 1. The van der Waals surface area contributed by atoms with Gasteiger partial charge in [-0.2, -0.15) is 0 Å². The predicted molar refractivity (Wildman–Crippen MR) is 215 cm³/mol. The zero-order valence-electron chi connectivity index (χ0n) is 27.3. The smallest absolute Gasteiger partial charge is 0.0640 e. The molecule has 2 heteroatoms. The standard InChI is InChI=1S/C48H31NS/c1-2-13-32(14-3-1)33-25-27-34(28-26-33)49(46-23-12-22-44-43-21-10-11-24-47(43)50-48(44)46)35-29-30-42-40-19-7-6-17-38(40)36-15-4-5-16-37(36)39-18-8-9-20-41(39)45(42)31-35/h1-31H. The van der Waals surface area contributed by atoms with Crippen LogP contribution in [0.15, 0.2) is 188 Å². The molecule has 0 radical (unpaired) electrons. The Bertz CT molecular complexity index is 2700. The minimum Gasteiger partial charge on any atom is -0.309 e. The number of hydrogen-bond acceptors (Lipinski definition) is 2. The van der Waals surface area contributed by atoms with Gasteiger partial charge in [-0.1, -0.05) is 152 Å². The summed E-state index contributed by atoms with van der Waals surface area (Å²) in [5, 5.41) is 2.59. The van der Waals surface area contributed by atoms with Gasteiger partial charge < -0.3 is 4.90 Å². The van der Waals surface area contributed by atoms with Gasteiger partial charge in [0.2, 0.25) is 0 Å². The summed E-state index contributed by atoms with van der Waals surface area (Å²) in [5.74, 6) is 0. The fourth-order valence-corrected chi connectivity index (χ4v) is 8.96. The Morgan fingerprint density at radius 1 is 0.320 bits per heavy atom. The van der Waals surface area contributed by atoms with Crippen LogP contribution >= 0.6 is 11.3 Å². The lowest BCUT2D eigenvalue weighted by molar-refractivity contribution is 1.30. The van der Waals surface area contributed by atoms with Crippen molar-refractivity contribution in [3.05, 3.63) is 188 Å². The molecule has 10 rings (SSSR count). The third kappa shape index (κ3) is 4.61. The van der Waals surface area contributed by atoms with Crippen LogP contribution in [0.2, 0.25) is 0 Å². The Balaban J connectivity index is 1.24. The van der Waals surface area contributed by atoms with Crippen LogP contribution in [-0.4, -0.2) is 0 Å². The summed E-state index contributed by atoms with van der Waals surface area (Å²) in [4.78, 5) is 2.45. The van der Waals surface area contributed by atoms with Crippen molar-refractivity contribution in [2.75, 3.05) is 4.90 Å². The second-order valence-corrected chi connectivity index (χ2v) is 13.9. The Labute approximate surface area is 296 Å². The summed E-state index contributed by atoms with van der Waals surface area (Å²) in [6.07, 6.45) is 0. The van der Waals surface area contributed by atoms with E-state index in [4.69, 9.17) is 0 Å². The number of fused-ring (bicyclic) bond motifs is 11. The quantitative estimate of drug-likeness (QED) is 0.183. The van der Waals surface area contributed by atoms with Crippen LogP contribution in [0.5, 0.6) is 0 Å². The van der Waals surface area contributed by atoms with Crippen molar-refractivity contribution >= 4 is 48.6 Å². The number of thiophene rings is 1. The lowest BCUT2D eigenvalue weighted by atomic mass is 9.81. The van der Waals surface area contributed by atoms with Gasteiger partial charge in [0.15, 0.2) is 0 Å². The van der Waals surface area contributed by atoms with Gasteiger partial charge in [0.05, 0.1) is 10.4 Å². The zero-order chi connectivity index (χ0) is 33.0. The average molecular weight is 654 g/mol. The Hall–Kier alpha value is -6.22. The highest BCUT2D eigenvalue weighted by atomic mass is 32.1.